The Morgan fingerprint density at radius 2 is 2.00 bits per heavy atom. The molecule has 0 aliphatic carbocycles. The van der Waals surface area contributed by atoms with Crippen LogP contribution in [0.3, 0.4) is 0 Å². The van der Waals surface area contributed by atoms with Crippen molar-refractivity contribution >= 4 is 15.8 Å². The van der Waals surface area contributed by atoms with Crippen molar-refractivity contribution in [2.45, 2.75) is 31.0 Å². The fraction of sp³-hybridized carbons (Fsp3) is 0.364. The van der Waals surface area contributed by atoms with E-state index in [9.17, 15) is 17.6 Å². The third kappa shape index (κ3) is 3.57. The molecule has 0 aliphatic rings. The first kappa shape index (κ1) is 15.7. The first-order valence-corrected chi connectivity index (χ1v) is 6.98. The SMILES string of the molecule is CCCc1cc(S(N)(=O)=O)cc(F)c1C(=O)C(O)O. The van der Waals surface area contributed by atoms with E-state index in [-0.39, 0.29) is 12.0 Å². The summed E-state index contributed by atoms with van der Waals surface area (Å²) in [5.41, 5.74) is -0.450. The van der Waals surface area contributed by atoms with Gasteiger partial charge in [0.05, 0.1) is 10.5 Å². The second-order valence-corrected chi connectivity index (χ2v) is 5.53. The summed E-state index contributed by atoms with van der Waals surface area (Å²) in [6, 6.07) is 1.65. The summed E-state index contributed by atoms with van der Waals surface area (Å²) in [4.78, 5) is 11.0. The highest BCUT2D eigenvalue weighted by Crippen LogP contribution is 2.22. The van der Waals surface area contributed by atoms with E-state index in [0.29, 0.717) is 12.5 Å². The van der Waals surface area contributed by atoms with Crippen LogP contribution >= 0.6 is 0 Å². The molecule has 0 saturated carbocycles. The monoisotopic (exact) mass is 291 g/mol. The van der Waals surface area contributed by atoms with Gasteiger partial charge >= 0.3 is 0 Å². The molecule has 106 valence electrons. The molecule has 0 amide bonds. The molecule has 0 aromatic heterocycles. The van der Waals surface area contributed by atoms with Crippen LogP contribution in [0.2, 0.25) is 0 Å². The lowest BCUT2D eigenvalue weighted by Crippen LogP contribution is -2.23. The van der Waals surface area contributed by atoms with Gasteiger partial charge in [0.15, 0.2) is 0 Å². The van der Waals surface area contributed by atoms with E-state index in [0.717, 1.165) is 6.07 Å². The van der Waals surface area contributed by atoms with E-state index in [2.05, 4.69) is 0 Å². The molecular formula is C11H14FNO5S. The molecule has 8 heteroatoms. The van der Waals surface area contributed by atoms with Crippen molar-refractivity contribution in [3.05, 3.63) is 29.1 Å². The number of carbonyl (C=O) groups is 1. The molecule has 0 atom stereocenters. The van der Waals surface area contributed by atoms with Crippen LogP contribution in [0.15, 0.2) is 17.0 Å². The minimum Gasteiger partial charge on any atom is -0.362 e. The number of aliphatic hydroxyl groups is 2. The maximum atomic E-state index is 13.8. The van der Waals surface area contributed by atoms with Crippen molar-refractivity contribution in [2.75, 3.05) is 0 Å². The van der Waals surface area contributed by atoms with E-state index in [4.69, 9.17) is 15.4 Å². The summed E-state index contributed by atoms with van der Waals surface area (Å²) >= 11 is 0. The number of sulfonamides is 1. The number of nitrogens with two attached hydrogens (primary N) is 1. The molecule has 1 aromatic rings. The van der Waals surface area contributed by atoms with Crippen LogP contribution < -0.4 is 5.14 Å². The van der Waals surface area contributed by atoms with Crippen LogP contribution in [0.5, 0.6) is 0 Å². The van der Waals surface area contributed by atoms with E-state index < -0.39 is 38.4 Å². The maximum Gasteiger partial charge on any atom is 0.238 e. The molecule has 0 heterocycles. The Morgan fingerprint density at radius 1 is 1.42 bits per heavy atom. The van der Waals surface area contributed by atoms with Crippen LogP contribution in [-0.2, 0) is 16.4 Å². The Kier molecular flexibility index (Phi) is 4.75. The topological polar surface area (TPSA) is 118 Å². The smallest absolute Gasteiger partial charge is 0.238 e. The van der Waals surface area contributed by atoms with Gasteiger partial charge in [0.2, 0.25) is 22.1 Å². The number of primary sulfonamides is 1. The van der Waals surface area contributed by atoms with Gasteiger partial charge in [-0.25, -0.2) is 17.9 Å². The molecule has 0 unspecified atom stereocenters. The number of halogens is 1. The lowest BCUT2D eigenvalue weighted by atomic mass is 9.99. The van der Waals surface area contributed by atoms with Gasteiger partial charge in [-0.3, -0.25) is 4.79 Å². The molecule has 0 bridgehead atoms. The normalized spacial score (nSPS) is 11.9. The highest BCUT2D eigenvalue weighted by Gasteiger charge is 2.24. The first-order valence-electron chi connectivity index (χ1n) is 5.44. The van der Waals surface area contributed by atoms with Gasteiger partial charge in [0.1, 0.15) is 5.82 Å². The van der Waals surface area contributed by atoms with E-state index in [1.54, 1.807) is 6.92 Å². The number of aryl methyl sites for hydroxylation is 1. The zero-order valence-electron chi connectivity index (χ0n) is 10.1. The summed E-state index contributed by atoms with van der Waals surface area (Å²) in [6.07, 6.45) is -1.64. The van der Waals surface area contributed by atoms with Crippen molar-refractivity contribution in [1.82, 2.24) is 0 Å². The van der Waals surface area contributed by atoms with Gasteiger partial charge in [0.25, 0.3) is 0 Å². The largest absolute Gasteiger partial charge is 0.362 e. The van der Waals surface area contributed by atoms with Crippen molar-refractivity contribution in [3.63, 3.8) is 0 Å². The van der Waals surface area contributed by atoms with Gasteiger partial charge in [-0.1, -0.05) is 13.3 Å². The molecule has 0 radical (unpaired) electrons. The molecule has 0 saturated heterocycles. The van der Waals surface area contributed by atoms with Crippen molar-refractivity contribution in [1.29, 1.82) is 0 Å². The van der Waals surface area contributed by atoms with Gasteiger partial charge in [-0.05, 0) is 24.1 Å². The molecular weight excluding hydrogens is 277 g/mol. The lowest BCUT2D eigenvalue weighted by Gasteiger charge is -2.12. The average Bonchev–Trinajstić information content (AvgIpc) is 2.26. The van der Waals surface area contributed by atoms with Crippen LogP contribution in [0.1, 0.15) is 29.3 Å². The summed E-state index contributed by atoms with van der Waals surface area (Å²) < 4.78 is 36.2. The number of Topliss-reactive ketones (excluding diaryl/α,β-unsaturated/α-hetero) is 1. The molecule has 0 fully saturated rings. The zero-order chi connectivity index (χ0) is 14.8. The second kappa shape index (κ2) is 5.74. The maximum absolute atomic E-state index is 13.8. The summed E-state index contributed by atoms with van der Waals surface area (Å²) in [5.74, 6) is -2.37. The van der Waals surface area contributed by atoms with E-state index >= 15 is 0 Å². The van der Waals surface area contributed by atoms with Gasteiger partial charge in [-0.2, -0.15) is 0 Å². The number of benzene rings is 1. The van der Waals surface area contributed by atoms with Crippen molar-refractivity contribution < 1.29 is 27.8 Å². The zero-order valence-corrected chi connectivity index (χ0v) is 10.9. The average molecular weight is 291 g/mol. The van der Waals surface area contributed by atoms with Crippen molar-refractivity contribution in [3.8, 4) is 0 Å². The lowest BCUT2D eigenvalue weighted by molar-refractivity contribution is -0.0198. The van der Waals surface area contributed by atoms with Crippen LogP contribution in [0.25, 0.3) is 0 Å². The van der Waals surface area contributed by atoms with Crippen LogP contribution in [0, 0.1) is 5.82 Å². The highest BCUT2D eigenvalue weighted by atomic mass is 32.2. The Labute approximate surface area is 109 Å². The Hall–Kier alpha value is -1.35. The Balaban J connectivity index is 3.52. The fourth-order valence-electron chi connectivity index (χ4n) is 1.67. The van der Waals surface area contributed by atoms with Crippen LogP contribution in [-0.4, -0.2) is 30.7 Å². The molecule has 0 aliphatic heterocycles. The highest BCUT2D eigenvalue weighted by molar-refractivity contribution is 7.89. The summed E-state index contributed by atoms with van der Waals surface area (Å²) in [5, 5.41) is 22.5. The summed E-state index contributed by atoms with van der Waals surface area (Å²) in [6.45, 7) is 1.74. The van der Waals surface area contributed by atoms with Crippen molar-refractivity contribution in [2.24, 2.45) is 5.14 Å². The van der Waals surface area contributed by atoms with E-state index in [1.165, 1.54) is 0 Å². The number of carbonyl (C=O) groups excluding carboxylic acids is 1. The molecule has 19 heavy (non-hydrogen) atoms. The fourth-order valence-corrected chi connectivity index (χ4v) is 2.25. The number of hydrogen-bond acceptors (Lipinski definition) is 5. The second-order valence-electron chi connectivity index (χ2n) is 3.97. The van der Waals surface area contributed by atoms with Crippen LogP contribution in [0.4, 0.5) is 4.39 Å². The number of aliphatic hydroxyl groups excluding tert-OH is 1. The molecule has 6 nitrogen and oxygen atoms in total. The third-order valence-corrected chi connectivity index (χ3v) is 3.37. The minimum absolute atomic E-state index is 0.0737. The minimum atomic E-state index is -4.11. The van der Waals surface area contributed by atoms with E-state index in [1.807, 2.05) is 0 Å². The molecule has 0 spiro atoms. The predicted octanol–water partition coefficient (Wildman–Crippen LogP) is -0.0810. The summed E-state index contributed by atoms with van der Waals surface area (Å²) in [7, 11) is -4.11. The number of rotatable bonds is 5. The number of ketones is 1. The number of hydrogen-bond donors (Lipinski definition) is 3. The van der Waals surface area contributed by atoms with Gasteiger partial charge in [-0.15, -0.1) is 0 Å². The Morgan fingerprint density at radius 3 is 2.42 bits per heavy atom. The molecule has 4 N–H and O–H groups in total. The molecule has 1 aromatic carbocycles. The Bertz CT molecular complexity index is 597. The standard InChI is InChI=1S/C11H14FNO5S/c1-2-3-6-4-7(19(13,17)18)5-8(12)9(6)10(14)11(15)16/h4-5,11,15-16H,2-3H2,1H3,(H2,13,17,18). The quantitative estimate of drug-likeness (QED) is 0.518. The first-order chi connectivity index (χ1) is 8.68. The molecule has 1 rings (SSSR count). The third-order valence-electron chi connectivity index (χ3n) is 2.47. The van der Waals surface area contributed by atoms with Gasteiger partial charge in [0, 0.05) is 0 Å². The van der Waals surface area contributed by atoms with Gasteiger partial charge < -0.3 is 10.2 Å². The predicted molar refractivity (Wildman–Crippen MR) is 64.3 cm³/mol.